The highest BCUT2D eigenvalue weighted by atomic mass is 32.1. The highest BCUT2D eigenvalue weighted by Crippen LogP contribution is 2.47. The van der Waals surface area contributed by atoms with Crippen LogP contribution in [-0.2, 0) is 0 Å². The second kappa shape index (κ2) is 6.48. The summed E-state index contributed by atoms with van der Waals surface area (Å²) in [7, 11) is 0. The fraction of sp³-hybridized carbons (Fsp3) is 0.444. The third-order valence-electron chi connectivity index (χ3n) is 5.36. The summed E-state index contributed by atoms with van der Waals surface area (Å²) >= 11 is 1.62. The van der Waals surface area contributed by atoms with Crippen molar-refractivity contribution in [3.8, 4) is 6.07 Å². The molecule has 0 bridgehead atoms. The quantitative estimate of drug-likeness (QED) is 0.604. The summed E-state index contributed by atoms with van der Waals surface area (Å²) in [6.45, 7) is 4.97. The van der Waals surface area contributed by atoms with Crippen LogP contribution in [-0.4, -0.2) is 50.7 Å². The molecular weight excluding hydrogens is 360 g/mol. The number of likely N-dealkylation sites (tertiary alicyclic amines) is 1. The molecule has 1 saturated heterocycles. The van der Waals surface area contributed by atoms with Gasteiger partial charge in [0.15, 0.2) is 11.6 Å². The zero-order valence-corrected chi connectivity index (χ0v) is 15.8. The third kappa shape index (κ3) is 3.11. The first-order valence-electron chi connectivity index (χ1n) is 9.11. The number of aryl methyl sites for hydroxylation is 1. The number of nitriles is 1. The van der Waals surface area contributed by atoms with Gasteiger partial charge in [-0.15, -0.1) is 11.3 Å². The first-order valence-corrected chi connectivity index (χ1v) is 9.99. The molecule has 8 nitrogen and oxygen atoms in total. The van der Waals surface area contributed by atoms with Crippen LogP contribution in [0.15, 0.2) is 17.5 Å². The van der Waals surface area contributed by atoms with Gasteiger partial charge in [-0.2, -0.15) is 15.3 Å². The molecule has 0 amide bonds. The molecule has 4 heterocycles. The van der Waals surface area contributed by atoms with Crippen LogP contribution in [0.1, 0.15) is 12.1 Å². The van der Waals surface area contributed by atoms with E-state index in [1.54, 1.807) is 11.3 Å². The Morgan fingerprint density at radius 2 is 2.22 bits per heavy atom. The summed E-state index contributed by atoms with van der Waals surface area (Å²) in [6, 6.07) is 6.63. The Labute approximate surface area is 160 Å². The number of hydrogen-bond acceptors (Lipinski definition) is 8. The number of rotatable bonds is 6. The topological polar surface area (TPSA) is 106 Å². The lowest BCUT2D eigenvalue weighted by molar-refractivity contribution is 0.307. The summed E-state index contributed by atoms with van der Waals surface area (Å²) in [6.07, 6.45) is 0.608. The Balaban J connectivity index is 1.31. The molecule has 2 aliphatic rings. The van der Waals surface area contributed by atoms with Crippen LogP contribution >= 0.6 is 11.3 Å². The standard InChI is InChI=1S/C18H20N8S/c1-10-7-14(25-24-10)21-17-16-13(3-6-27-16)20-18(23-17)22-15-11-8-26(5-2-4-19)9-12(11)15/h3,6-7,11-12,15H,2,5,8-9H2,1H3,(H3,20,21,22,23,24,25)/t11-,12+,15-. The Kier molecular flexibility index (Phi) is 3.95. The molecule has 27 heavy (non-hydrogen) atoms. The normalized spacial score (nSPS) is 23.9. The molecule has 3 aromatic rings. The summed E-state index contributed by atoms with van der Waals surface area (Å²) in [5.41, 5.74) is 1.94. The van der Waals surface area contributed by atoms with E-state index in [0.717, 1.165) is 47.2 Å². The maximum absolute atomic E-state index is 8.74. The van der Waals surface area contributed by atoms with E-state index in [9.17, 15) is 0 Å². The molecule has 0 spiro atoms. The van der Waals surface area contributed by atoms with Gasteiger partial charge in [0.1, 0.15) is 0 Å². The number of nitrogens with one attached hydrogen (secondary N) is 3. The van der Waals surface area contributed by atoms with Crippen molar-refractivity contribution in [2.45, 2.75) is 19.4 Å². The fourth-order valence-electron chi connectivity index (χ4n) is 3.98. The smallest absolute Gasteiger partial charge is 0.225 e. The van der Waals surface area contributed by atoms with Crippen LogP contribution in [0.25, 0.3) is 10.2 Å². The monoisotopic (exact) mass is 380 g/mol. The van der Waals surface area contributed by atoms with Gasteiger partial charge in [0.2, 0.25) is 5.95 Å². The van der Waals surface area contributed by atoms with Crippen molar-refractivity contribution in [3.63, 3.8) is 0 Å². The zero-order valence-electron chi connectivity index (χ0n) is 14.9. The van der Waals surface area contributed by atoms with E-state index in [4.69, 9.17) is 10.2 Å². The third-order valence-corrected chi connectivity index (χ3v) is 6.27. The first kappa shape index (κ1) is 16.5. The Hall–Kier alpha value is -2.70. The number of fused-ring (bicyclic) bond motifs is 2. The van der Waals surface area contributed by atoms with Crippen LogP contribution in [0.3, 0.4) is 0 Å². The minimum absolute atomic E-state index is 0.430. The van der Waals surface area contributed by atoms with Crippen molar-refractivity contribution in [2.24, 2.45) is 11.8 Å². The maximum atomic E-state index is 8.74. The summed E-state index contributed by atoms with van der Waals surface area (Å²) in [5.74, 6) is 3.47. The molecule has 9 heteroatoms. The van der Waals surface area contributed by atoms with Crippen molar-refractivity contribution in [3.05, 3.63) is 23.2 Å². The van der Waals surface area contributed by atoms with Gasteiger partial charge in [0.25, 0.3) is 0 Å². The van der Waals surface area contributed by atoms with Crippen LogP contribution in [0.2, 0.25) is 0 Å². The molecule has 1 saturated carbocycles. The van der Waals surface area contributed by atoms with Crippen LogP contribution in [0, 0.1) is 30.1 Å². The van der Waals surface area contributed by atoms with E-state index in [2.05, 4.69) is 36.8 Å². The van der Waals surface area contributed by atoms with E-state index >= 15 is 0 Å². The molecule has 1 aliphatic heterocycles. The molecular formula is C18H20N8S. The number of aromatic amines is 1. The van der Waals surface area contributed by atoms with Gasteiger partial charge in [-0.1, -0.05) is 0 Å². The molecule has 0 aromatic carbocycles. The van der Waals surface area contributed by atoms with E-state index in [0.29, 0.717) is 30.2 Å². The molecule has 3 atom stereocenters. The second-order valence-corrected chi connectivity index (χ2v) is 8.17. The molecule has 138 valence electrons. The van der Waals surface area contributed by atoms with Gasteiger partial charge >= 0.3 is 0 Å². The first-order chi connectivity index (χ1) is 13.2. The number of hydrogen-bond donors (Lipinski definition) is 3. The number of thiophene rings is 1. The Bertz CT molecular complexity index is 1010. The minimum Gasteiger partial charge on any atom is -0.351 e. The van der Waals surface area contributed by atoms with Crippen LogP contribution < -0.4 is 10.6 Å². The van der Waals surface area contributed by atoms with E-state index < -0.39 is 0 Å². The SMILES string of the molecule is Cc1cc(Nc2nc(N[C@@H]3[C@@H]4CN(CCC#N)C[C@@H]43)nc3ccsc23)n[nH]1. The van der Waals surface area contributed by atoms with Gasteiger partial charge in [-0.25, -0.2) is 4.98 Å². The lowest BCUT2D eigenvalue weighted by atomic mass is 10.3. The van der Waals surface area contributed by atoms with E-state index in [1.165, 1.54) is 0 Å². The van der Waals surface area contributed by atoms with E-state index in [-0.39, 0.29) is 0 Å². The minimum atomic E-state index is 0.430. The molecule has 5 rings (SSSR count). The van der Waals surface area contributed by atoms with Crippen LogP contribution in [0.5, 0.6) is 0 Å². The lowest BCUT2D eigenvalue weighted by Crippen LogP contribution is -2.29. The van der Waals surface area contributed by atoms with Gasteiger partial charge in [0, 0.05) is 43.9 Å². The number of piperidine rings is 1. The Morgan fingerprint density at radius 1 is 1.37 bits per heavy atom. The molecule has 0 unspecified atom stereocenters. The summed E-state index contributed by atoms with van der Waals surface area (Å²) in [5, 5.41) is 24.8. The highest BCUT2D eigenvalue weighted by molar-refractivity contribution is 7.17. The zero-order chi connectivity index (χ0) is 18.4. The number of anilines is 3. The van der Waals surface area contributed by atoms with Crippen molar-refractivity contribution >= 4 is 39.1 Å². The van der Waals surface area contributed by atoms with Crippen molar-refractivity contribution in [1.29, 1.82) is 5.26 Å². The highest BCUT2D eigenvalue weighted by Gasteiger charge is 2.55. The second-order valence-electron chi connectivity index (χ2n) is 7.26. The average molecular weight is 380 g/mol. The van der Waals surface area contributed by atoms with Gasteiger partial charge in [-0.3, -0.25) is 5.10 Å². The van der Waals surface area contributed by atoms with E-state index in [1.807, 2.05) is 24.4 Å². The predicted molar refractivity (Wildman–Crippen MR) is 105 cm³/mol. The van der Waals surface area contributed by atoms with Crippen LogP contribution in [0.4, 0.5) is 17.6 Å². The van der Waals surface area contributed by atoms with Gasteiger partial charge < -0.3 is 15.5 Å². The van der Waals surface area contributed by atoms with Crippen molar-refractivity contribution in [2.75, 3.05) is 30.3 Å². The fourth-order valence-corrected chi connectivity index (χ4v) is 4.76. The number of nitrogens with zero attached hydrogens (tertiary/aromatic N) is 5. The number of aromatic nitrogens is 4. The van der Waals surface area contributed by atoms with Gasteiger partial charge in [-0.05, 0) is 30.2 Å². The summed E-state index contributed by atoms with van der Waals surface area (Å²) in [4.78, 5) is 11.8. The van der Waals surface area contributed by atoms with Gasteiger partial charge in [0.05, 0.1) is 16.3 Å². The lowest BCUT2D eigenvalue weighted by Gasteiger charge is -2.18. The number of H-pyrrole nitrogens is 1. The largest absolute Gasteiger partial charge is 0.351 e. The molecule has 3 N–H and O–H groups in total. The predicted octanol–water partition coefficient (Wildman–Crippen LogP) is 2.72. The maximum Gasteiger partial charge on any atom is 0.225 e. The van der Waals surface area contributed by atoms with Crippen molar-refractivity contribution < 1.29 is 0 Å². The summed E-state index contributed by atoms with van der Waals surface area (Å²) < 4.78 is 1.03. The molecule has 2 fully saturated rings. The Morgan fingerprint density at radius 3 is 2.96 bits per heavy atom. The van der Waals surface area contributed by atoms with Crippen molar-refractivity contribution in [1.82, 2.24) is 25.1 Å². The molecule has 3 aromatic heterocycles. The molecule has 1 aliphatic carbocycles. The molecule has 0 radical (unpaired) electrons. The average Bonchev–Trinajstić information content (AvgIpc) is 3.13.